The highest BCUT2D eigenvalue weighted by Crippen LogP contribution is 2.25. The summed E-state index contributed by atoms with van der Waals surface area (Å²) in [6, 6.07) is 16.8. The van der Waals surface area contributed by atoms with Crippen LogP contribution < -0.4 is 9.47 Å². The molecule has 0 aliphatic rings. The molecule has 0 amide bonds. The fourth-order valence-electron chi connectivity index (χ4n) is 2.59. The smallest absolute Gasteiger partial charge is 0.347 e. The SMILES string of the molecule is COc1ccccc1C(=O)Oc1ccc(F)cc1C(=O)C=Cc1ccc(Cl)cc1. The third-order valence-electron chi connectivity index (χ3n) is 4.03. The number of methoxy groups -OCH3 is 1. The summed E-state index contributed by atoms with van der Waals surface area (Å²) in [5.74, 6) is -1.57. The van der Waals surface area contributed by atoms with Crippen LogP contribution in [0.3, 0.4) is 0 Å². The number of carbonyl (C=O) groups excluding carboxylic acids is 2. The van der Waals surface area contributed by atoms with E-state index in [0.29, 0.717) is 10.8 Å². The minimum Gasteiger partial charge on any atom is -0.496 e. The van der Waals surface area contributed by atoms with Gasteiger partial charge in [0.1, 0.15) is 22.9 Å². The normalized spacial score (nSPS) is 10.7. The molecule has 0 aromatic heterocycles. The van der Waals surface area contributed by atoms with E-state index >= 15 is 0 Å². The van der Waals surface area contributed by atoms with Crippen molar-refractivity contribution in [3.63, 3.8) is 0 Å². The first-order valence-corrected chi connectivity index (χ1v) is 8.98. The number of benzene rings is 3. The van der Waals surface area contributed by atoms with E-state index in [9.17, 15) is 14.0 Å². The molecule has 146 valence electrons. The second-order valence-corrected chi connectivity index (χ2v) is 6.42. The maximum absolute atomic E-state index is 13.7. The molecule has 0 spiro atoms. The van der Waals surface area contributed by atoms with E-state index in [0.717, 1.165) is 17.7 Å². The van der Waals surface area contributed by atoms with E-state index in [1.807, 2.05) is 0 Å². The first-order chi connectivity index (χ1) is 14.0. The molecular weight excluding hydrogens is 395 g/mol. The second-order valence-electron chi connectivity index (χ2n) is 5.98. The number of rotatable bonds is 6. The molecule has 0 radical (unpaired) electrons. The minimum atomic E-state index is -0.718. The Hall–Kier alpha value is -3.44. The Bertz CT molecular complexity index is 1070. The van der Waals surface area contributed by atoms with Gasteiger partial charge in [-0.25, -0.2) is 9.18 Å². The number of ether oxygens (including phenoxy) is 2. The van der Waals surface area contributed by atoms with Crippen molar-refractivity contribution in [3.05, 3.63) is 100 Å². The average molecular weight is 411 g/mol. The Balaban J connectivity index is 1.86. The summed E-state index contributed by atoms with van der Waals surface area (Å²) in [6.45, 7) is 0. The maximum atomic E-state index is 13.7. The average Bonchev–Trinajstić information content (AvgIpc) is 2.74. The van der Waals surface area contributed by atoms with Gasteiger partial charge in [0, 0.05) is 5.02 Å². The number of ketones is 1. The van der Waals surface area contributed by atoms with Gasteiger partial charge in [-0.05, 0) is 54.1 Å². The Kier molecular flexibility index (Phi) is 6.42. The summed E-state index contributed by atoms with van der Waals surface area (Å²) in [6.07, 6.45) is 2.84. The number of esters is 1. The topological polar surface area (TPSA) is 52.6 Å². The molecule has 0 aliphatic heterocycles. The highest BCUT2D eigenvalue weighted by Gasteiger charge is 2.18. The lowest BCUT2D eigenvalue weighted by Gasteiger charge is -2.10. The van der Waals surface area contributed by atoms with E-state index < -0.39 is 17.6 Å². The molecule has 0 N–H and O–H groups in total. The molecule has 0 saturated carbocycles. The molecule has 4 nitrogen and oxygen atoms in total. The number of hydrogen-bond acceptors (Lipinski definition) is 4. The van der Waals surface area contributed by atoms with Gasteiger partial charge in [-0.15, -0.1) is 0 Å². The molecule has 0 unspecified atom stereocenters. The van der Waals surface area contributed by atoms with Gasteiger partial charge in [0.2, 0.25) is 0 Å². The maximum Gasteiger partial charge on any atom is 0.347 e. The molecule has 3 aromatic rings. The lowest BCUT2D eigenvalue weighted by Crippen LogP contribution is -2.12. The van der Waals surface area contributed by atoms with Gasteiger partial charge in [0.05, 0.1) is 12.7 Å². The van der Waals surface area contributed by atoms with Gasteiger partial charge < -0.3 is 9.47 Å². The van der Waals surface area contributed by atoms with Gasteiger partial charge in [-0.3, -0.25) is 4.79 Å². The standard InChI is InChI=1S/C23H16ClFO4/c1-28-21-5-3-2-4-18(21)23(27)29-22-13-11-17(25)14-19(22)20(26)12-8-15-6-9-16(24)10-7-15/h2-14H,1H3. The van der Waals surface area contributed by atoms with Crippen LogP contribution in [0.25, 0.3) is 6.08 Å². The second kappa shape index (κ2) is 9.17. The molecular formula is C23H16ClFO4. The number of para-hydroxylation sites is 1. The van der Waals surface area contributed by atoms with Crippen molar-refractivity contribution in [1.82, 2.24) is 0 Å². The summed E-state index contributed by atoms with van der Waals surface area (Å²) in [7, 11) is 1.43. The zero-order valence-electron chi connectivity index (χ0n) is 15.4. The monoisotopic (exact) mass is 410 g/mol. The summed E-state index contributed by atoms with van der Waals surface area (Å²) < 4.78 is 24.3. The van der Waals surface area contributed by atoms with Gasteiger partial charge in [-0.2, -0.15) is 0 Å². The molecule has 3 rings (SSSR count). The van der Waals surface area contributed by atoms with Crippen molar-refractivity contribution in [1.29, 1.82) is 0 Å². The Labute approximate surface area is 172 Å². The highest BCUT2D eigenvalue weighted by molar-refractivity contribution is 6.30. The first-order valence-electron chi connectivity index (χ1n) is 8.60. The number of allylic oxidation sites excluding steroid dienone is 1. The van der Waals surface area contributed by atoms with Crippen LogP contribution in [0.2, 0.25) is 5.02 Å². The van der Waals surface area contributed by atoms with Crippen molar-refractivity contribution < 1.29 is 23.5 Å². The van der Waals surface area contributed by atoms with Crippen molar-refractivity contribution >= 4 is 29.4 Å². The number of carbonyl (C=O) groups is 2. The fraction of sp³-hybridized carbons (Fsp3) is 0.0435. The predicted molar refractivity (Wildman–Crippen MR) is 109 cm³/mol. The summed E-state index contributed by atoms with van der Waals surface area (Å²) in [4.78, 5) is 25.1. The van der Waals surface area contributed by atoms with Crippen LogP contribution in [0.4, 0.5) is 4.39 Å². The Morgan fingerprint density at radius 3 is 2.38 bits per heavy atom. The molecule has 0 atom stereocenters. The van der Waals surface area contributed by atoms with Gasteiger partial charge in [0.25, 0.3) is 0 Å². The first kappa shape index (κ1) is 20.3. The van der Waals surface area contributed by atoms with E-state index in [1.165, 1.54) is 25.3 Å². The number of halogens is 2. The third kappa shape index (κ3) is 5.09. The third-order valence-corrected chi connectivity index (χ3v) is 4.29. The fourth-order valence-corrected chi connectivity index (χ4v) is 2.71. The lowest BCUT2D eigenvalue weighted by molar-refractivity contribution is 0.0729. The lowest BCUT2D eigenvalue weighted by atomic mass is 10.1. The van der Waals surface area contributed by atoms with Gasteiger partial charge >= 0.3 is 5.97 Å². The molecule has 0 bridgehead atoms. The van der Waals surface area contributed by atoms with Crippen molar-refractivity contribution in [2.45, 2.75) is 0 Å². The van der Waals surface area contributed by atoms with E-state index in [1.54, 1.807) is 48.5 Å². The van der Waals surface area contributed by atoms with E-state index in [-0.39, 0.29) is 16.9 Å². The molecule has 0 heterocycles. The quantitative estimate of drug-likeness (QED) is 0.229. The van der Waals surface area contributed by atoms with E-state index in [2.05, 4.69) is 0 Å². The van der Waals surface area contributed by atoms with Crippen LogP contribution in [0.1, 0.15) is 26.3 Å². The number of hydrogen-bond donors (Lipinski definition) is 0. The molecule has 3 aromatic carbocycles. The molecule has 6 heteroatoms. The largest absolute Gasteiger partial charge is 0.496 e. The zero-order chi connectivity index (χ0) is 20.8. The highest BCUT2D eigenvalue weighted by atomic mass is 35.5. The van der Waals surface area contributed by atoms with Gasteiger partial charge in [0.15, 0.2) is 5.78 Å². The van der Waals surface area contributed by atoms with Crippen LogP contribution in [0.15, 0.2) is 72.8 Å². The van der Waals surface area contributed by atoms with Crippen molar-refractivity contribution in [3.8, 4) is 11.5 Å². The Morgan fingerprint density at radius 1 is 0.931 bits per heavy atom. The summed E-state index contributed by atoms with van der Waals surface area (Å²) >= 11 is 5.84. The molecule has 29 heavy (non-hydrogen) atoms. The predicted octanol–water partition coefficient (Wildman–Crippen LogP) is 5.60. The van der Waals surface area contributed by atoms with Gasteiger partial charge in [-0.1, -0.05) is 41.9 Å². The molecule has 0 saturated heterocycles. The van der Waals surface area contributed by atoms with E-state index in [4.69, 9.17) is 21.1 Å². The van der Waals surface area contributed by atoms with Crippen LogP contribution >= 0.6 is 11.6 Å². The Morgan fingerprint density at radius 2 is 1.66 bits per heavy atom. The van der Waals surface area contributed by atoms with Crippen LogP contribution in [-0.4, -0.2) is 18.9 Å². The molecule has 0 fully saturated rings. The van der Waals surface area contributed by atoms with Crippen LogP contribution in [-0.2, 0) is 0 Å². The summed E-state index contributed by atoms with van der Waals surface area (Å²) in [5.41, 5.74) is 0.861. The minimum absolute atomic E-state index is 0.0481. The zero-order valence-corrected chi connectivity index (χ0v) is 16.2. The van der Waals surface area contributed by atoms with Crippen molar-refractivity contribution in [2.24, 2.45) is 0 Å². The van der Waals surface area contributed by atoms with Crippen LogP contribution in [0, 0.1) is 5.82 Å². The molecule has 0 aliphatic carbocycles. The van der Waals surface area contributed by atoms with Crippen molar-refractivity contribution in [2.75, 3.05) is 7.11 Å². The van der Waals surface area contributed by atoms with Crippen LogP contribution in [0.5, 0.6) is 11.5 Å². The summed E-state index contributed by atoms with van der Waals surface area (Å²) in [5, 5.41) is 0.573.